The molecule has 1 aromatic heterocycles. The first-order valence-corrected chi connectivity index (χ1v) is 5.49. The minimum Gasteiger partial charge on any atom is -0.474 e. The van der Waals surface area contributed by atoms with Gasteiger partial charge >= 0.3 is 6.18 Å². The van der Waals surface area contributed by atoms with Crippen LogP contribution < -0.4 is 4.74 Å². The molecule has 0 radical (unpaired) electrons. The summed E-state index contributed by atoms with van der Waals surface area (Å²) in [4.78, 5) is 3.71. The number of halogens is 4. The van der Waals surface area contributed by atoms with E-state index in [2.05, 4.69) is 4.98 Å². The highest BCUT2D eigenvalue weighted by molar-refractivity contribution is 6.29. The molecule has 0 aliphatic carbocycles. The van der Waals surface area contributed by atoms with Gasteiger partial charge in [0.15, 0.2) is 0 Å². The quantitative estimate of drug-likeness (QED) is 0.767. The number of alkyl halides is 3. The van der Waals surface area contributed by atoms with Crippen LogP contribution in [0.25, 0.3) is 0 Å². The van der Waals surface area contributed by atoms with Crippen LogP contribution >= 0.6 is 11.6 Å². The van der Waals surface area contributed by atoms with Gasteiger partial charge in [-0.3, -0.25) is 0 Å². The third kappa shape index (κ3) is 4.07. The van der Waals surface area contributed by atoms with Crippen molar-refractivity contribution in [1.29, 1.82) is 0 Å². The molecule has 0 saturated heterocycles. The first-order chi connectivity index (χ1) is 7.70. The van der Waals surface area contributed by atoms with E-state index in [-0.39, 0.29) is 23.1 Å². The first kappa shape index (κ1) is 14.1. The van der Waals surface area contributed by atoms with Crippen LogP contribution in [-0.2, 0) is 6.18 Å². The monoisotopic (exact) mass is 267 g/mol. The molecular formula is C11H13ClF3NO. The fourth-order valence-corrected chi connectivity index (χ4v) is 1.22. The Bertz CT molecular complexity index is 393. The number of hydrogen-bond donors (Lipinski definition) is 0. The van der Waals surface area contributed by atoms with Gasteiger partial charge in [-0.1, -0.05) is 25.4 Å². The van der Waals surface area contributed by atoms with Gasteiger partial charge in [-0.25, -0.2) is 4.98 Å². The lowest BCUT2D eigenvalue weighted by molar-refractivity contribution is -0.137. The van der Waals surface area contributed by atoms with Crippen LogP contribution in [0.5, 0.6) is 5.88 Å². The second-order valence-corrected chi connectivity index (χ2v) is 4.47. The Balaban J connectivity index is 2.98. The fraction of sp³-hybridized carbons (Fsp3) is 0.545. The number of rotatable bonds is 3. The van der Waals surface area contributed by atoms with E-state index in [1.165, 1.54) is 0 Å². The molecule has 1 unspecified atom stereocenters. The molecule has 0 amide bonds. The number of aromatic nitrogens is 1. The molecule has 1 heterocycles. The van der Waals surface area contributed by atoms with E-state index in [1.54, 1.807) is 6.92 Å². The smallest absolute Gasteiger partial charge is 0.416 e. The lowest BCUT2D eigenvalue weighted by atomic mass is 10.1. The molecule has 0 N–H and O–H groups in total. The number of pyridine rings is 1. The van der Waals surface area contributed by atoms with Gasteiger partial charge < -0.3 is 4.74 Å². The van der Waals surface area contributed by atoms with Crippen molar-refractivity contribution in [3.05, 3.63) is 22.8 Å². The molecule has 1 rings (SSSR count). The summed E-state index contributed by atoms with van der Waals surface area (Å²) in [5.74, 6) is 0.0659. The normalized spacial score (nSPS) is 13.9. The van der Waals surface area contributed by atoms with Crippen LogP contribution in [0.2, 0.25) is 5.15 Å². The number of hydrogen-bond acceptors (Lipinski definition) is 2. The first-order valence-electron chi connectivity index (χ1n) is 5.11. The van der Waals surface area contributed by atoms with E-state index in [0.29, 0.717) is 0 Å². The summed E-state index contributed by atoms with van der Waals surface area (Å²) < 4.78 is 42.8. The molecule has 96 valence electrons. The van der Waals surface area contributed by atoms with Gasteiger partial charge in [0, 0.05) is 6.07 Å². The van der Waals surface area contributed by atoms with Crippen molar-refractivity contribution >= 4 is 11.6 Å². The van der Waals surface area contributed by atoms with E-state index >= 15 is 0 Å². The van der Waals surface area contributed by atoms with Gasteiger partial charge in [-0.2, -0.15) is 13.2 Å². The Morgan fingerprint density at radius 2 is 1.82 bits per heavy atom. The van der Waals surface area contributed by atoms with Crippen LogP contribution in [0, 0.1) is 5.92 Å². The largest absolute Gasteiger partial charge is 0.474 e. The van der Waals surface area contributed by atoms with Crippen molar-refractivity contribution in [2.24, 2.45) is 5.92 Å². The van der Waals surface area contributed by atoms with Crippen molar-refractivity contribution in [1.82, 2.24) is 4.98 Å². The van der Waals surface area contributed by atoms with E-state index < -0.39 is 11.7 Å². The summed E-state index contributed by atoms with van der Waals surface area (Å²) in [6, 6.07) is 1.62. The zero-order valence-electron chi connectivity index (χ0n) is 9.68. The molecule has 0 aliphatic heterocycles. The van der Waals surface area contributed by atoms with Crippen molar-refractivity contribution < 1.29 is 17.9 Å². The Morgan fingerprint density at radius 3 is 2.29 bits per heavy atom. The molecular weight excluding hydrogens is 255 g/mol. The summed E-state index contributed by atoms with van der Waals surface area (Å²) in [5, 5.41) is -0.231. The predicted molar refractivity (Wildman–Crippen MR) is 59.2 cm³/mol. The molecule has 0 bridgehead atoms. The molecule has 17 heavy (non-hydrogen) atoms. The molecule has 1 atom stereocenters. The van der Waals surface area contributed by atoms with Crippen LogP contribution in [0.1, 0.15) is 26.3 Å². The Kier molecular flexibility index (Phi) is 4.25. The standard InChI is InChI=1S/C11H13ClF3NO/c1-6(2)7(3)17-10-5-8(11(13,14)15)4-9(12)16-10/h4-7H,1-3H3. The maximum atomic E-state index is 12.5. The Labute approximate surface area is 103 Å². The second kappa shape index (κ2) is 5.12. The molecule has 2 nitrogen and oxygen atoms in total. The van der Waals surface area contributed by atoms with E-state index in [9.17, 15) is 13.2 Å². The van der Waals surface area contributed by atoms with E-state index in [0.717, 1.165) is 12.1 Å². The summed E-state index contributed by atoms with van der Waals surface area (Å²) in [6.07, 6.45) is -4.69. The average molecular weight is 268 g/mol. The van der Waals surface area contributed by atoms with Crippen LogP contribution in [-0.4, -0.2) is 11.1 Å². The third-order valence-corrected chi connectivity index (χ3v) is 2.54. The SMILES string of the molecule is CC(C)C(C)Oc1cc(C(F)(F)F)cc(Cl)n1. The zero-order valence-corrected chi connectivity index (χ0v) is 10.4. The maximum absolute atomic E-state index is 12.5. The van der Waals surface area contributed by atoms with Gasteiger partial charge in [0.25, 0.3) is 0 Å². The summed E-state index contributed by atoms with van der Waals surface area (Å²) in [6.45, 7) is 5.57. The highest BCUT2D eigenvalue weighted by Crippen LogP contribution is 2.32. The van der Waals surface area contributed by atoms with E-state index in [1.807, 2.05) is 13.8 Å². The van der Waals surface area contributed by atoms with Crippen molar-refractivity contribution in [2.45, 2.75) is 33.1 Å². The maximum Gasteiger partial charge on any atom is 0.416 e. The highest BCUT2D eigenvalue weighted by Gasteiger charge is 2.32. The van der Waals surface area contributed by atoms with E-state index in [4.69, 9.17) is 16.3 Å². The van der Waals surface area contributed by atoms with Crippen molar-refractivity contribution in [2.75, 3.05) is 0 Å². The average Bonchev–Trinajstić information content (AvgIpc) is 2.15. The molecule has 1 aromatic rings. The van der Waals surface area contributed by atoms with Gasteiger partial charge in [0.1, 0.15) is 5.15 Å². The summed E-state index contributed by atoms with van der Waals surface area (Å²) >= 11 is 5.53. The minimum atomic E-state index is -4.45. The molecule has 6 heteroatoms. The second-order valence-electron chi connectivity index (χ2n) is 4.08. The topological polar surface area (TPSA) is 22.1 Å². The summed E-state index contributed by atoms with van der Waals surface area (Å²) in [7, 11) is 0. The number of ether oxygens (including phenoxy) is 1. The zero-order chi connectivity index (χ0) is 13.2. The van der Waals surface area contributed by atoms with Gasteiger partial charge in [0.2, 0.25) is 5.88 Å². The fourth-order valence-electron chi connectivity index (χ4n) is 1.02. The predicted octanol–water partition coefficient (Wildman–Crippen LogP) is 4.18. The molecule has 0 aromatic carbocycles. The molecule has 0 saturated carbocycles. The van der Waals surface area contributed by atoms with Gasteiger partial charge in [-0.15, -0.1) is 0 Å². The highest BCUT2D eigenvalue weighted by atomic mass is 35.5. The number of nitrogens with zero attached hydrogens (tertiary/aromatic N) is 1. The third-order valence-electron chi connectivity index (χ3n) is 2.34. The van der Waals surface area contributed by atoms with Gasteiger partial charge in [0.05, 0.1) is 11.7 Å². The van der Waals surface area contributed by atoms with Gasteiger partial charge in [-0.05, 0) is 18.9 Å². The minimum absolute atomic E-state index is 0.106. The Morgan fingerprint density at radius 1 is 1.24 bits per heavy atom. The molecule has 0 fully saturated rings. The van der Waals surface area contributed by atoms with Crippen LogP contribution in [0.3, 0.4) is 0 Å². The van der Waals surface area contributed by atoms with Crippen molar-refractivity contribution in [3.63, 3.8) is 0 Å². The van der Waals surface area contributed by atoms with Crippen LogP contribution in [0.15, 0.2) is 12.1 Å². The lowest BCUT2D eigenvalue weighted by Gasteiger charge is -2.18. The molecule has 0 aliphatic rings. The van der Waals surface area contributed by atoms with Crippen LogP contribution in [0.4, 0.5) is 13.2 Å². The summed E-state index contributed by atoms with van der Waals surface area (Å²) in [5.41, 5.74) is -0.858. The Hall–Kier alpha value is -0.970. The lowest BCUT2D eigenvalue weighted by Crippen LogP contribution is -2.19. The van der Waals surface area contributed by atoms with Crippen molar-refractivity contribution in [3.8, 4) is 5.88 Å². The molecule has 0 spiro atoms.